The van der Waals surface area contributed by atoms with E-state index in [0.717, 1.165) is 111 Å². The molecule has 7 aromatic heterocycles. The van der Waals surface area contributed by atoms with Gasteiger partial charge >= 0.3 is 6.03 Å². The summed E-state index contributed by atoms with van der Waals surface area (Å²) in [4.78, 5) is 87.9. The quantitative estimate of drug-likeness (QED) is 0.0186. The van der Waals surface area contributed by atoms with E-state index in [1.54, 1.807) is 88.5 Å². The number of para-hydroxylation sites is 1. The van der Waals surface area contributed by atoms with Crippen LogP contribution in [0.5, 0.6) is 11.5 Å². The first-order valence-corrected chi connectivity index (χ1v) is 42.4. The fraction of sp³-hybridized carbons (Fsp3) is 0.322. The molecule has 662 valence electrons. The zero-order valence-electron chi connectivity index (χ0n) is 72.1. The molecule has 32 nitrogen and oxygen atoms in total. The first-order valence-electron chi connectivity index (χ1n) is 41.2. The summed E-state index contributed by atoms with van der Waals surface area (Å²) >= 11 is 19.0. The van der Waals surface area contributed by atoms with Gasteiger partial charge in [-0.2, -0.15) is 15.0 Å². The van der Waals surface area contributed by atoms with Gasteiger partial charge in [0.15, 0.2) is 34.3 Å². The van der Waals surface area contributed by atoms with Gasteiger partial charge in [0.25, 0.3) is 11.5 Å². The second-order valence-corrected chi connectivity index (χ2v) is 32.4. The predicted molar refractivity (Wildman–Crippen MR) is 501 cm³/mol. The number of hydrogen-bond donors (Lipinski definition) is 13. The minimum Gasteiger partial charge on any atom is -0.497 e. The molecule has 14 rings (SSSR count). The van der Waals surface area contributed by atoms with E-state index in [2.05, 4.69) is 101 Å². The lowest BCUT2D eigenvalue weighted by Gasteiger charge is -2.34. The highest BCUT2D eigenvalue weighted by atomic mass is 35.5. The maximum Gasteiger partial charge on any atom is 0.320 e. The molecule has 17 N–H and O–H groups in total. The number of carbonyl (C=O) groups excluding carboxylic acids is 2. The van der Waals surface area contributed by atoms with Gasteiger partial charge in [-0.25, -0.2) is 44.1 Å². The Kier molecular flexibility index (Phi) is 33.6. The summed E-state index contributed by atoms with van der Waals surface area (Å²) in [6, 6.07) is 43.7. The number of methoxy groups -OCH3 is 2. The van der Waals surface area contributed by atoms with E-state index < -0.39 is 11.4 Å². The van der Waals surface area contributed by atoms with Crippen molar-refractivity contribution in [2.24, 2.45) is 35.9 Å². The molecule has 1 fully saturated rings. The van der Waals surface area contributed by atoms with Gasteiger partial charge in [-0.1, -0.05) is 97.2 Å². The molecule has 1 saturated heterocycles. The maximum absolute atomic E-state index is 13.9. The molecule has 0 radical (unpaired) electrons. The third kappa shape index (κ3) is 25.7. The average molecular weight is 1780 g/mol. The molecule has 126 heavy (non-hydrogen) atoms. The Labute approximate surface area is 745 Å². The lowest BCUT2D eigenvalue weighted by molar-refractivity contribution is 0.0954. The van der Waals surface area contributed by atoms with Gasteiger partial charge in [0.2, 0.25) is 17.8 Å². The second-order valence-electron chi connectivity index (χ2n) is 31.2. The number of nitrogens with one attached hydrogen (secondary N) is 8. The van der Waals surface area contributed by atoms with E-state index in [1.165, 1.54) is 4.57 Å². The van der Waals surface area contributed by atoms with Crippen LogP contribution in [-0.4, -0.2) is 178 Å². The molecule has 0 bridgehead atoms. The number of piperazine rings is 1. The number of pyridine rings is 2. The number of rotatable bonds is 30. The van der Waals surface area contributed by atoms with Crippen LogP contribution in [0, 0.1) is 11.7 Å². The fourth-order valence-electron chi connectivity index (χ4n) is 13.3. The summed E-state index contributed by atoms with van der Waals surface area (Å²) < 4.78 is 28.2. The lowest BCUT2D eigenvalue weighted by atomic mass is 9.96. The highest BCUT2D eigenvalue weighted by Crippen LogP contribution is 2.38. The molecule has 0 unspecified atom stereocenters. The maximum atomic E-state index is 13.9. The standard InChI is InChI=1S/C30H45N9O3.C22H30ClN7O2.C21H17Cl2N5O.C17H16FN5/c1-30(2,3)37-29(40)36-27-25(21-16-23(41-4)19-24(17-21)42-5)18-22-20-33-28(35-26(22)34-27)32-9-7-11-39-14-12-38(13-15-39)10-6-8-31;1-12(2)16(10-31)19-28-20(18-21(29-19)30(11-26-18)13(3)4)27-14-5-6-15(17(23)9-14)22(32)25-8-7-24;1-28-19-13(9-15(20(28)29)18-16(22)3-2-4-17(18)23)11-25-21(27-19)26-14-7-5-12(10-24)6-8-14;18-15-11-20-17(22-14-8-6-12(10-19)7-9-14)23-16(15)21-13-4-2-1-3-5-13/h16-20H,6-15,31H2,1-5H3,(H3,32,33,34,35,36,37,40);5-6,9,11-13,16,31H,7-8,10,24H2,1-4H3,(H,25,32)(H,27,28,29);2-9,11H,10,24H2,1H3,(H,25,26,27);1-9,11H,10,19H2,(H2,20,21,22,23)/t;16-;;/m.0../s1. The van der Waals surface area contributed by atoms with Gasteiger partial charge in [0.1, 0.15) is 28.8 Å². The molecule has 1 aliphatic rings. The van der Waals surface area contributed by atoms with Crippen molar-refractivity contribution in [3.63, 3.8) is 0 Å². The molecule has 36 heteroatoms. The Morgan fingerprint density at radius 3 is 1.75 bits per heavy atom. The van der Waals surface area contributed by atoms with Crippen LogP contribution in [0.25, 0.3) is 55.5 Å². The molecule has 8 heterocycles. The van der Waals surface area contributed by atoms with Gasteiger partial charge in [-0.05, 0) is 181 Å². The van der Waals surface area contributed by atoms with Crippen LogP contribution in [0.4, 0.5) is 67.2 Å². The van der Waals surface area contributed by atoms with Crippen molar-refractivity contribution in [1.29, 1.82) is 0 Å². The van der Waals surface area contributed by atoms with Gasteiger partial charge < -0.3 is 89.1 Å². The van der Waals surface area contributed by atoms with E-state index in [0.29, 0.717) is 144 Å². The van der Waals surface area contributed by atoms with Gasteiger partial charge in [0.05, 0.1) is 59.5 Å². The summed E-state index contributed by atoms with van der Waals surface area (Å²) in [5.41, 5.74) is 31.7. The molecular weight excluding hydrogens is 1670 g/mol. The van der Waals surface area contributed by atoms with E-state index in [4.69, 9.17) is 82.2 Å². The highest BCUT2D eigenvalue weighted by molar-refractivity contribution is 6.39. The fourth-order valence-corrected chi connectivity index (χ4v) is 14.2. The number of nitrogens with two attached hydrogens (primary N) is 4. The first-order chi connectivity index (χ1) is 60.6. The van der Waals surface area contributed by atoms with Crippen LogP contribution in [0.1, 0.15) is 101 Å². The van der Waals surface area contributed by atoms with E-state index in [-0.39, 0.29) is 47.8 Å². The molecule has 13 aromatic rings. The molecule has 1 atom stereocenters. The van der Waals surface area contributed by atoms with Gasteiger partial charge in [-0.15, -0.1) is 0 Å². The number of benzene rings is 6. The van der Waals surface area contributed by atoms with Crippen LogP contribution < -0.4 is 80.5 Å². The van der Waals surface area contributed by atoms with Crippen LogP contribution in [-0.2, 0) is 20.1 Å². The van der Waals surface area contributed by atoms with Crippen molar-refractivity contribution in [3.05, 3.63) is 224 Å². The van der Waals surface area contributed by atoms with Crippen LogP contribution >= 0.6 is 34.8 Å². The van der Waals surface area contributed by atoms with Gasteiger partial charge in [0, 0.05) is 147 Å². The summed E-state index contributed by atoms with van der Waals surface area (Å²) in [5.74, 6) is 3.14. The monoisotopic (exact) mass is 1770 g/mol. The Hall–Kier alpha value is -12.4. The first kappa shape index (κ1) is 94.3. The largest absolute Gasteiger partial charge is 0.497 e. The number of halogens is 4. The zero-order valence-corrected chi connectivity index (χ0v) is 74.3. The second kappa shape index (κ2) is 45.0. The number of aryl methyl sites for hydroxylation is 1. The number of hydrogen-bond acceptors (Lipinski definition) is 27. The Morgan fingerprint density at radius 2 is 1.17 bits per heavy atom. The van der Waals surface area contributed by atoms with E-state index in [9.17, 15) is 23.9 Å². The lowest BCUT2D eigenvalue weighted by Crippen LogP contribution is -2.47. The SMILES string of the molecule is CC(C)[C@H](CO)c1nc(Nc2ccc(C(=O)NCCN)c(Cl)c2)c2ncn(C(C)C)c2n1.COc1cc(OC)cc(-c2cc3cnc(NCCCN4CCN(CCCN)CC4)nc3nc2NC(=O)NC(C)(C)C)c1.Cn1c(=O)c(-c2c(Cl)cccc2Cl)cc2cnc(Nc3ccc(CN)cc3)nc21.NCc1ccc(Nc2ncc(F)c(Nc3ccccc3)n2)cc1. The van der Waals surface area contributed by atoms with Gasteiger partial charge in [-0.3, -0.25) is 19.5 Å². The predicted octanol–water partition coefficient (Wildman–Crippen LogP) is 14.7. The number of nitrogens with zero attached hydrogens (tertiary/aromatic N) is 14. The highest BCUT2D eigenvalue weighted by Gasteiger charge is 2.26. The third-order valence-corrected chi connectivity index (χ3v) is 21.1. The van der Waals surface area contributed by atoms with Crippen LogP contribution in [0.3, 0.4) is 0 Å². The number of fused-ring (bicyclic) bond motifs is 3. The average Bonchev–Trinajstić information content (AvgIpc) is 0.860. The number of urea groups is 1. The minimum absolute atomic E-state index is 0.0587. The number of aliphatic hydroxyl groups excluding tert-OH is 1. The number of amides is 3. The number of ether oxygens (including phenoxy) is 2. The molecule has 3 amide bonds. The number of imidazole rings is 1. The summed E-state index contributed by atoms with van der Waals surface area (Å²) in [5, 5.41) is 36.8. The Balaban J connectivity index is 0.000000167. The number of anilines is 10. The van der Waals surface area contributed by atoms with Crippen molar-refractivity contribution in [2.75, 3.05) is 118 Å². The third-order valence-electron chi connectivity index (χ3n) is 20.1. The van der Waals surface area contributed by atoms with Crippen molar-refractivity contribution in [1.82, 2.24) is 79.4 Å². The molecular formula is C90H108Cl3FN26O6. The van der Waals surface area contributed by atoms with Crippen LogP contribution in [0.15, 0.2) is 175 Å². The molecule has 0 saturated carbocycles. The van der Waals surface area contributed by atoms with Crippen LogP contribution in [0.2, 0.25) is 15.1 Å². The van der Waals surface area contributed by atoms with E-state index >= 15 is 0 Å². The van der Waals surface area contributed by atoms with Crippen molar-refractivity contribution in [3.8, 4) is 33.8 Å². The number of aromatic nitrogens is 12. The Morgan fingerprint density at radius 1 is 0.579 bits per heavy atom. The molecule has 0 aliphatic carbocycles. The number of carbonyl (C=O) groups is 2. The Bertz CT molecular complexity index is 5860. The van der Waals surface area contributed by atoms with Crippen molar-refractivity contribution < 1.29 is 28.6 Å². The summed E-state index contributed by atoms with van der Waals surface area (Å²) in [6.07, 6.45) is 8.32. The molecule has 6 aromatic carbocycles. The minimum atomic E-state index is -0.516. The van der Waals surface area contributed by atoms with Crippen molar-refractivity contribution >= 4 is 138 Å². The molecule has 1 aliphatic heterocycles. The topological polar surface area (TPSA) is 435 Å². The normalized spacial score (nSPS) is 12.5. The molecule has 0 spiro atoms. The zero-order chi connectivity index (χ0) is 90.1. The smallest absolute Gasteiger partial charge is 0.320 e. The van der Waals surface area contributed by atoms with Crippen molar-refractivity contribution in [2.45, 2.75) is 91.9 Å². The summed E-state index contributed by atoms with van der Waals surface area (Å²) in [6.45, 7) is 23.5. The number of aliphatic hydroxyl groups is 1. The van der Waals surface area contributed by atoms with E-state index in [1.807, 2.05) is 136 Å². The summed E-state index contributed by atoms with van der Waals surface area (Å²) in [7, 11) is 4.85.